The van der Waals surface area contributed by atoms with Crippen molar-refractivity contribution in [1.29, 1.82) is 0 Å². The number of nitrogens with one attached hydrogen (secondary N) is 1. The van der Waals surface area contributed by atoms with Crippen LogP contribution in [0, 0.1) is 0 Å². The molecule has 3 aliphatic rings. The normalized spacial score (nSPS) is 20.8. The molecule has 1 unspecified atom stereocenters. The molecule has 3 aromatic rings. The van der Waals surface area contributed by atoms with Crippen LogP contribution in [-0.2, 0) is 22.6 Å². The summed E-state index contributed by atoms with van der Waals surface area (Å²) in [6, 6.07) is 14.8. The van der Waals surface area contributed by atoms with E-state index in [9.17, 15) is 14.4 Å². The third kappa shape index (κ3) is 3.98. The third-order valence-electron chi connectivity index (χ3n) is 7.84. The first-order chi connectivity index (χ1) is 18.0. The van der Waals surface area contributed by atoms with Gasteiger partial charge in [0.15, 0.2) is 5.82 Å². The number of carbonyl (C=O) groups is 3. The second kappa shape index (κ2) is 9.14. The van der Waals surface area contributed by atoms with E-state index in [2.05, 4.69) is 20.1 Å². The summed E-state index contributed by atoms with van der Waals surface area (Å²) in [6.07, 6.45) is 5.48. The number of fused-ring (bicyclic) bond motifs is 4. The zero-order chi connectivity index (χ0) is 25.6. The number of amides is 3. The van der Waals surface area contributed by atoms with Gasteiger partial charge in [0, 0.05) is 43.6 Å². The molecule has 0 aliphatic carbocycles. The standard InChI is InChI=1S/C28H30N6O3/c1-28-16-14-25(36)34(28)22-8-5-4-7-21(22)27(37)33(28)18-15-24(35)29-20-12-10-19(11-13-20)26-31-30-23-9-3-2-6-17-32(23)26/h4-5,7-8,10-13H,2-3,6,9,14-18H2,1H3,(H,29,35). The largest absolute Gasteiger partial charge is 0.326 e. The molecule has 6 rings (SSSR count). The Hall–Kier alpha value is -4.01. The number of aryl methyl sites for hydroxylation is 1. The minimum absolute atomic E-state index is 0.00144. The first-order valence-corrected chi connectivity index (χ1v) is 13.0. The average molecular weight is 499 g/mol. The molecule has 0 saturated carbocycles. The predicted octanol–water partition coefficient (Wildman–Crippen LogP) is 4.00. The van der Waals surface area contributed by atoms with Crippen molar-refractivity contribution in [3.05, 3.63) is 59.9 Å². The monoisotopic (exact) mass is 498 g/mol. The number of hydrogen-bond acceptors (Lipinski definition) is 5. The number of aromatic nitrogens is 3. The first-order valence-electron chi connectivity index (χ1n) is 13.0. The van der Waals surface area contributed by atoms with Crippen molar-refractivity contribution in [3.63, 3.8) is 0 Å². The molecule has 3 aliphatic heterocycles. The molecule has 1 saturated heterocycles. The summed E-state index contributed by atoms with van der Waals surface area (Å²) >= 11 is 0. The summed E-state index contributed by atoms with van der Waals surface area (Å²) in [6.45, 7) is 3.06. The molecule has 190 valence electrons. The van der Waals surface area contributed by atoms with Crippen LogP contribution in [-0.4, -0.2) is 49.6 Å². The molecule has 9 nitrogen and oxygen atoms in total. The van der Waals surface area contributed by atoms with Crippen LogP contribution in [0.4, 0.5) is 11.4 Å². The van der Waals surface area contributed by atoms with Gasteiger partial charge in [0.2, 0.25) is 11.8 Å². The Morgan fingerprint density at radius 3 is 2.65 bits per heavy atom. The maximum atomic E-state index is 13.4. The second-order valence-electron chi connectivity index (χ2n) is 10.2. The fourth-order valence-corrected chi connectivity index (χ4v) is 5.88. The van der Waals surface area contributed by atoms with Crippen molar-refractivity contribution >= 4 is 29.1 Å². The van der Waals surface area contributed by atoms with E-state index in [1.807, 2.05) is 43.3 Å². The van der Waals surface area contributed by atoms with Gasteiger partial charge < -0.3 is 14.8 Å². The van der Waals surface area contributed by atoms with Crippen LogP contribution >= 0.6 is 0 Å². The van der Waals surface area contributed by atoms with Gasteiger partial charge in [0.25, 0.3) is 5.91 Å². The molecule has 9 heteroatoms. The minimum atomic E-state index is -0.763. The minimum Gasteiger partial charge on any atom is -0.326 e. The highest BCUT2D eigenvalue weighted by Crippen LogP contribution is 2.44. The molecule has 0 radical (unpaired) electrons. The van der Waals surface area contributed by atoms with Crippen LogP contribution in [0.25, 0.3) is 11.4 Å². The van der Waals surface area contributed by atoms with Crippen LogP contribution in [0.15, 0.2) is 48.5 Å². The molecule has 1 aromatic heterocycles. The van der Waals surface area contributed by atoms with E-state index in [1.165, 1.54) is 6.42 Å². The van der Waals surface area contributed by atoms with Gasteiger partial charge in [0.1, 0.15) is 11.5 Å². The van der Waals surface area contributed by atoms with E-state index < -0.39 is 5.66 Å². The van der Waals surface area contributed by atoms with Crippen LogP contribution in [0.1, 0.15) is 61.6 Å². The lowest BCUT2D eigenvalue weighted by atomic mass is 9.98. The number of carbonyl (C=O) groups excluding carboxylic acids is 3. The van der Waals surface area contributed by atoms with E-state index in [0.29, 0.717) is 29.8 Å². The Kier molecular flexibility index (Phi) is 5.78. The Labute approximate surface area is 215 Å². The molecule has 2 aromatic carbocycles. The molecule has 1 atom stereocenters. The topological polar surface area (TPSA) is 100 Å². The van der Waals surface area contributed by atoms with E-state index in [0.717, 1.165) is 43.0 Å². The number of anilines is 2. The van der Waals surface area contributed by atoms with Gasteiger partial charge in [-0.25, -0.2) is 0 Å². The lowest BCUT2D eigenvalue weighted by molar-refractivity contribution is -0.117. The number of para-hydroxylation sites is 1. The fraction of sp³-hybridized carbons (Fsp3) is 0.393. The summed E-state index contributed by atoms with van der Waals surface area (Å²) in [5, 5.41) is 11.7. The predicted molar refractivity (Wildman–Crippen MR) is 139 cm³/mol. The molecular weight excluding hydrogens is 468 g/mol. The van der Waals surface area contributed by atoms with Gasteiger partial charge in [-0.2, -0.15) is 0 Å². The highest BCUT2D eigenvalue weighted by atomic mass is 16.2. The van der Waals surface area contributed by atoms with E-state index in [4.69, 9.17) is 0 Å². The maximum absolute atomic E-state index is 13.4. The zero-order valence-corrected chi connectivity index (χ0v) is 20.9. The van der Waals surface area contributed by atoms with Crippen molar-refractivity contribution < 1.29 is 14.4 Å². The van der Waals surface area contributed by atoms with E-state index in [1.54, 1.807) is 21.9 Å². The van der Waals surface area contributed by atoms with Gasteiger partial charge in [-0.05, 0) is 62.6 Å². The third-order valence-corrected chi connectivity index (χ3v) is 7.84. The smallest absolute Gasteiger partial charge is 0.257 e. The van der Waals surface area contributed by atoms with E-state index in [-0.39, 0.29) is 30.7 Å². The van der Waals surface area contributed by atoms with Crippen molar-refractivity contribution in [2.75, 3.05) is 16.8 Å². The Bertz CT molecular complexity index is 1380. The summed E-state index contributed by atoms with van der Waals surface area (Å²) in [7, 11) is 0. The second-order valence-corrected chi connectivity index (χ2v) is 10.2. The van der Waals surface area contributed by atoms with Gasteiger partial charge in [-0.15, -0.1) is 10.2 Å². The van der Waals surface area contributed by atoms with Crippen LogP contribution < -0.4 is 10.2 Å². The Morgan fingerprint density at radius 2 is 1.81 bits per heavy atom. The van der Waals surface area contributed by atoms with Gasteiger partial charge >= 0.3 is 0 Å². The van der Waals surface area contributed by atoms with E-state index >= 15 is 0 Å². The van der Waals surface area contributed by atoms with Crippen molar-refractivity contribution in [3.8, 4) is 11.4 Å². The lowest BCUT2D eigenvalue weighted by Crippen LogP contribution is -2.62. The molecule has 37 heavy (non-hydrogen) atoms. The number of hydrogen-bond donors (Lipinski definition) is 1. The summed E-state index contributed by atoms with van der Waals surface area (Å²) in [5.41, 5.74) is 2.04. The Balaban J connectivity index is 1.14. The van der Waals surface area contributed by atoms with Crippen LogP contribution in [0.2, 0.25) is 0 Å². The highest BCUT2D eigenvalue weighted by molar-refractivity contribution is 6.10. The number of benzene rings is 2. The summed E-state index contributed by atoms with van der Waals surface area (Å²) in [4.78, 5) is 42.3. The Morgan fingerprint density at radius 1 is 1.00 bits per heavy atom. The summed E-state index contributed by atoms with van der Waals surface area (Å²) in [5.74, 6) is 1.57. The summed E-state index contributed by atoms with van der Waals surface area (Å²) < 4.78 is 2.20. The number of rotatable bonds is 5. The van der Waals surface area contributed by atoms with Gasteiger partial charge in [-0.1, -0.05) is 18.6 Å². The molecule has 0 bridgehead atoms. The van der Waals surface area contributed by atoms with Crippen molar-refractivity contribution in [2.24, 2.45) is 0 Å². The van der Waals surface area contributed by atoms with Gasteiger partial charge in [0.05, 0.1) is 11.3 Å². The van der Waals surface area contributed by atoms with Crippen LogP contribution in [0.3, 0.4) is 0 Å². The van der Waals surface area contributed by atoms with Gasteiger partial charge in [-0.3, -0.25) is 19.3 Å². The lowest BCUT2D eigenvalue weighted by Gasteiger charge is -2.48. The molecule has 1 fully saturated rings. The first kappa shape index (κ1) is 23.4. The maximum Gasteiger partial charge on any atom is 0.257 e. The average Bonchev–Trinajstić information content (AvgIpc) is 3.35. The molecule has 3 amide bonds. The molecule has 1 N–H and O–H groups in total. The van der Waals surface area contributed by atoms with Crippen LogP contribution in [0.5, 0.6) is 0 Å². The highest BCUT2D eigenvalue weighted by Gasteiger charge is 2.52. The molecular formula is C28H30N6O3. The van der Waals surface area contributed by atoms with Crippen molar-refractivity contribution in [1.82, 2.24) is 19.7 Å². The number of nitrogens with zero attached hydrogens (tertiary/aromatic N) is 5. The fourth-order valence-electron chi connectivity index (χ4n) is 5.88. The zero-order valence-electron chi connectivity index (χ0n) is 20.9. The van der Waals surface area contributed by atoms with Crippen molar-refractivity contribution in [2.45, 2.75) is 64.1 Å². The SMILES string of the molecule is CC12CCC(=O)N1c1ccccc1C(=O)N2CCC(=O)Nc1ccc(-c2nnc3n2CCCCC3)cc1. The quantitative estimate of drug-likeness (QED) is 0.573. The molecule has 4 heterocycles. The molecule has 0 spiro atoms.